The molecule has 0 radical (unpaired) electrons. The Bertz CT molecular complexity index is 1080. The lowest BCUT2D eigenvalue weighted by atomic mass is 9.94. The lowest BCUT2D eigenvalue weighted by molar-refractivity contribution is -0.150. The van der Waals surface area contributed by atoms with Crippen molar-refractivity contribution in [1.82, 2.24) is 9.80 Å². The number of likely N-dealkylation sites (tertiary alicyclic amines) is 1. The fraction of sp³-hybridized carbons (Fsp3) is 0.920. The van der Waals surface area contributed by atoms with E-state index < -0.39 is 6.09 Å². The minimum Gasteiger partial charge on any atom is -0.465 e. The van der Waals surface area contributed by atoms with Gasteiger partial charge in [-0.2, -0.15) is 0 Å². The summed E-state index contributed by atoms with van der Waals surface area (Å²) in [5.41, 5.74) is 0. The van der Waals surface area contributed by atoms with Crippen molar-refractivity contribution in [3.8, 4) is 0 Å². The lowest BCUT2D eigenvalue weighted by Gasteiger charge is -2.23. The van der Waals surface area contributed by atoms with Crippen LogP contribution in [0.1, 0.15) is 214 Å². The summed E-state index contributed by atoms with van der Waals surface area (Å²) in [5.74, 6) is 0.507. The Kier molecular flexibility index (Phi) is 40.7. The Morgan fingerprint density at radius 2 is 0.887 bits per heavy atom. The van der Waals surface area contributed by atoms with Crippen LogP contribution in [-0.4, -0.2) is 104 Å². The van der Waals surface area contributed by atoms with E-state index in [2.05, 4.69) is 32.6 Å². The van der Waals surface area contributed by atoms with Gasteiger partial charge in [-0.1, -0.05) is 184 Å². The predicted octanol–water partition coefficient (Wildman–Crippen LogP) is 13.4. The molecule has 1 saturated heterocycles. The number of nitrogens with zero attached hydrogens (tertiary/aromatic N) is 2. The minimum atomic E-state index is -0.507. The van der Waals surface area contributed by atoms with Gasteiger partial charge in [-0.25, -0.2) is 4.79 Å². The van der Waals surface area contributed by atoms with Crippen molar-refractivity contribution in [1.29, 1.82) is 0 Å². The highest BCUT2D eigenvalue weighted by molar-refractivity contribution is 8.76. The van der Waals surface area contributed by atoms with E-state index in [0.29, 0.717) is 24.5 Å². The van der Waals surface area contributed by atoms with E-state index in [1.807, 2.05) is 0 Å². The second-order valence-electron chi connectivity index (χ2n) is 17.5. The highest BCUT2D eigenvalue weighted by Crippen LogP contribution is 2.23. The standard InChI is InChI=1S/C50H94N2O8S2/c1-5-9-13-17-19-25-32-46(30-23-16-12-8-4)49(55)59-40-38-52(37-39-58-48(54)45(29-22-15-11-7-3)31-24-18-14-10-6-2)50(56)60-42-44-62-61-43-41-57-47(53)33-28-36-51-34-26-20-21-27-35-51/h45-46H,5-44H2,1-4H3. The number of esters is 3. The summed E-state index contributed by atoms with van der Waals surface area (Å²) in [5, 5.41) is 0. The fourth-order valence-corrected chi connectivity index (χ4v) is 9.70. The van der Waals surface area contributed by atoms with Crippen LogP contribution in [0.15, 0.2) is 0 Å². The topological polar surface area (TPSA) is 112 Å². The monoisotopic (exact) mass is 915 g/mol. The molecular weight excluding hydrogens is 821 g/mol. The van der Waals surface area contributed by atoms with Crippen molar-refractivity contribution < 1.29 is 38.1 Å². The first-order chi connectivity index (χ1) is 30.4. The first-order valence-corrected chi connectivity index (χ1v) is 28.2. The van der Waals surface area contributed by atoms with Gasteiger partial charge in [-0.05, 0) is 64.6 Å². The molecule has 1 aliphatic heterocycles. The van der Waals surface area contributed by atoms with Crippen LogP contribution in [0.4, 0.5) is 4.79 Å². The zero-order valence-electron chi connectivity index (χ0n) is 40.4. The van der Waals surface area contributed by atoms with Gasteiger partial charge in [0.05, 0.1) is 24.9 Å². The number of hydrogen-bond donors (Lipinski definition) is 0. The molecule has 12 heteroatoms. The molecule has 0 saturated carbocycles. The van der Waals surface area contributed by atoms with E-state index >= 15 is 0 Å². The SMILES string of the molecule is CCCCCCCCC(CCCCCC)C(=O)OCCN(CCOC(=O)C(CCCCCC)CCCCCCC)C(=O)OCCSSCCOC(=O)CCCN1CCCCCC1. The average Bonchev–Trinajstić information content (AvgIpc) is 3.55. The largest absolute Gasteiger partial charge is 0.465 e. The Hall–Kier alpha value is -1.66. The third-order valence-corrected chi connectivity index (χ3v) is 14.3. The van der Waals surface area contributed by atoms with Crippen molar-refractivity contribution in [2.24, 2.45) is 11.8 Å². The van der Waals surface area contributed by atoms with Crippen LogP contribution in [0.5, 0.6) is 0 Å². The number of carbonyl (C=O) groups excluding carboxylic acids is 4. The van der Waals surface area contributed by atoms with Crippen molar-refractivity contribution in [3.05, 3.63) is 0 Å². The third-order valence-electron chi connectivity index (χ3n) is 12.0. The van der Waals surface area contributed by atoms with Gasteiger partial charge in [0.25, 0.3) is 0 Å². The summed E-state index contributed by atoms with van der Waals surface area (Å²) in [6.07, 6.45) is 31.1. The Labute approximate surface area is 388 Å². The van der Waals surface area contributed by atoms with E-state index in [9.17, 15) is 19.2 Å². The molecule has 62 heavy (non-hydrogen) atoms. The Morgan fingerprint density at radius 3 is 1.34 bits per heavy atom. The molecule has 0 spiro atoms. The van der Waals surface area contributed by atoms with E-state index in [-0.39, 0.29) is 62.7 Å². The lowest BCUT2D eigenvalue weighted by Crippen LogP contribution is -2.38. The van der Waals surface area contributed by atoms with Gasteiger partial charge in [0.15, 0.2) is 0 Å². The van der Waals surface area contributed by atoms with Gasteiger partial charge in [0.1, 0.15) is 26.4 Å². The number of rotatable bonds is 42. The van der Waals surface area contributed by atoms with Crippen molar-refractivity contribution in [2.45, 2.75) is 214 Å². The third kappa shape index (κ3) is 33.8. The molecule has 0 bridgehead atoms. The van der Waals surface area contributed by atoms with Gasteiger partial charge in [-0.3, -0.25) is 14.4 Å². The maximum Gasteiger partial charge on any atom is 0.410 e. The molecule has 1 amide bonds. The summed E-state index contributed by atoms with van der Waals surface area (Å²) in [7, 11) is 3.16. The Morgan fingerprint density at radius 1 is 0.484 bits per heavy atom. The van der Waals surface area contributed by atoms with Crippen LogP contribution in [0.2, 0.25) is 0 Å². The molecular formula is C50H94N2O8S2. The average molecular weight is 915 g/mol. The van der Waals surface area contributed by atoms with Gasteiger partial charge < -0.3 is 28.7 Å². The highest BCUT2D eigenvalue weighted by Gasteiger charge is 2.23. The molecule has 364 valence electrons. The number of ether oxygens (including phenoxy) is 4. The number of hydrogen-bond acceptors (Lipinski definition) is 11. The molecule has 0 aromatic carbocycles. The van der Waals surface area contributed by atoms with E-state index in [1.165, 1.54) is 88.4 Å². The van der Waals surface area contributed by atoms with Gasteiger partial charge in [0, 0.05) is 17.9 Å². The molecule has 2 atom stereocenters. The smallest absolute Gasteiger partial charge is 0.410 e. The summed E-state index contributed by atoms with van der Waals surface area (Å²) in [6.45, 7) is 13.1. The number of carbonyl (C=O) groups is 4. The summed E-state index contributed by atoms with van der Waals surface area (Å²) in [4.78, 5) is 56.4. The zero-order chi connectivity index (χ0) is 45.1. The van der Waals surface area contributed by atoms with Crippen LogP contribution in [0.3, 0.4) is 0 Å². The molecule has 10 nitrogen and oxygen atoms in total. The summed E-state index contributed by atoms with van der Waals surface area (Å²) < 4.78 is 22.8. The van der Waals surface area contributed by atoms with Gasteiger partial charge >= 0.3 is 24.0 Å². The molecule has 2 unspecified atom stereocenters. The Balaban J connectivity index is 2.67. The molecule has 0 aromatic rings. The maximum absolute atomic E-state index is 13.4. The molecule has 0 aliphatic carbocycles. The van der Waals surface area contributed by atoms with E-state index in [0.717, 1.165) is 116 Å². The normalized spacial score (nSPS) is 14.2. The molecule has 1 heterocycles. The first kappa shape index (κ1) is 58.4. The zero-order valence-corrected chi connectivity index (χ0v) is 42.0. The molecule has 1 fully saturated rings. The van der Waals surface area contributed by atoms with E-state index in [4.69, 9.17) is 18.9 Å². The van der Waals surface area contributed by atoms with Crippen molar-refractivity contribution in [2.75, 3.05) is 70.7 Å². The predicted molar refractivity (Wildman–Crippen MR) is 261 cm³/mol. The van der Waals surface area contributed by atoms with Crippen LogP contribution in [-0.2, 0) is 33.3 Å². The summed E-state index contributed by atoms with van der Waals surface area (Å²) in [6, 6.07) is 0. The van der Waals surface area contributed by atoms with Crippen LogP contribution in [0.25, 0.3) is 0 Å². The van der Waals surface area contributed by atoms with Crippen LogP contribution in [0, 0.1) is 11.8 Å². The molecule has 1 aliphatic rings. The van der Waals surface area contributed by atoms with E-state index in [1.54, 1.807) is 21.6 Å². The quantitative estimate of drug-likeness (QED) is 0.0252. The first-order valence-electron chi connectivity index (χ1n) is 25.7. The molecule has 1 rings (SSSR count). The summed E-state index contributed by atoms with van der Waals surface area (Å²) >= 11 is 0. The minimum absolute atomic E-state index is 0.0723. The second kappa shape index (κ2) is 43.2. The second-order valence-corrected chi connectivity index (χ2v) is 20.2. The number of unbranched alkanes of at least 4 members (excludes halogenated alkanes) is 15. The van der Waals surface area contributed by atoms with Gasteiger partial charge in [0.2, 0.25) is 0 Å². The van der Waals surface area contributed by atoms with Crippen molar-refractivity contribution in [3.63, 3.8) is 0 Å². The highest BCUT2D eigenvalue weighted by atomic mass is 33.1. The van der Waals surface area contributed by atoms with Crippen molar-refractivity contribution >= 4 is 45.6 Å². The van der Waals surface area contributed by atoms with Crippen LogP contribution < -0.4 is 0 Å². The molecule has 0 aromatic heterocycles. The maximum atomic E-state index is 13.4. The van der Waals surface area contributed by atoms with Crippen LogP contribution >= 0.6 is 21.6 Å². The number of amides is 1. The fourth-order valence-electron chi connectivity index (χ4n) is 8.04. The molecule has 0 N–H and O–H groups in total. The van der Waals surface area contributed by atoms with Gasteiger partial charge in [-0.15, -0.1) is 0 Å².